The van der Waals surface area contributed by atoms with Crippen LogP contribution in [0.2, 0.25) is 0 Å². The Morgan fingerprint density at radius 3 is 1.50 bits per heavy atom. The number of carbonyl (C=O) groups is 2. The fourth-order valence-electron chi connectivity index (χ4n) is 3.40. The van der Waals surface area contributed by atoms with Gasteiger partial charge in [0.05, 0.1) is 31.7 Å². The van der Waals surface area contributed by atoms with Crippen molar-refractivity contribution >= 4 is 22.9 Å². The minimum atomic E-state index is -0.0875. The second kappa shape index (κ2) is 13.8. The fourth-order valence-corrected chi connectivity index (χ4v) is 3.40. The molecule has 0 aliphatic carbocycles. The van der Waals surface area contributed by atoms with Crippen LogP contribution >= 0.6 is 0 Å². The molecule has 3 rings (SSSR count). The molecule has 0 saturated carbocycles. The third-order valence-electron chi connectivity index (χ3n) is 5.49. The summed E-state index contributed by atoms with van der Waals surface area (Å²) in [5.41, 5.74) is 2.49. The number of rotatable bonds is 14. The topological polar surface area (TPSA) is 86.6 Å². The zero-order valence-corrected chi connectivity index (χ0v) is 21.0. The molecule has 0 aliphatic heterocycles. The molecule has 0 atom stereocenters. The van der Waals surface area contributed by atoms with Gasteiger partial charge in [0.1, 0.15) is 17.2 Å². The van der Waals surface area contributed by atoms with Crippen molar-refractivity contribution in [2.45, 2.75) is 39.5 Å². The van der Waals surface area contributed by atoms with Gasteiger partial charge in [-0.25, -0.2) is 0 Å². The lowest BCUT2D eigenvalue weighted by atomic mass is 10.0. The van der Waals surface area contributed by atoms with Gasteiger partial charge in [0.15, 0.2) is 11.6 Å². The smallest absolute Gasteiger partial charge is 0.159 e. The quantitative estimate of drug-likeness (QED) is 0.133. The SMILES string of the molecule is COc1ccc(N=Nc2ccc(OCCCCCCOc3cc(C(C)=O)cc(C(C)=O)c3)cc2)cc1. The first kappa shape index (κ1) is 26.6. The predicted octanol–water partition coefficient (Wildman–Crippen LogP) is 7.53. The van der Waals surface area contributed by atoms with Gasteiger partial charge in [-0.1, -0.05) is 0 Å². The van der Waals surface area contributed by atoms with Gasteiger partial charge >= 0.3 is 0 Å². The molecule has 188 valence electrons. The van der Waals surface area contributed by atoms with E-state index in [1.807, 2.05) is 48.5 Å². The molecule has 0 amide bonds. The van der Waals surface area contributed by atoms with Gasteiger partial charge < -0.3 is 14.2 Å². The number of nitrogens with zero attached hydrogens (tertiary/aromatic N) is 2. The monoisotopic (exact) mass is 488 g/mol. The van der Waals surface area contributed by atoms with Crippen LogP contribution in [0.4, 0.5) is 11.4 Å². The molecular formula is C29H32N2O5. The molecule has 7 heteroatoms. The Morgan fingerprint density at radius 2 is 1.06 bits per heavy atom. The minimum absolute atomic E-state index is 0.0875. The summed E-state index contributed by atoms with van der Waals surface area (Å²) < 4.78 is 16.7. The normalized spacial score (nSPS) is 10.9. The van der Waals surface area contributed by atoms with E-state index in [1.54, 1.807) is 25.3 Å². The molecule has 0 radical (unpaired) electrons. The van der Waals surface area contributed by atoms with E-state index < -0.39 is 0 Å². The lowest BCUT2D eigenvalue weighted by Crippen LogP contribution is -2.03. The van der Waals surface area contributed by atoms with Crippen LogP contribution in [0.1, 0.15) is 60.2 Å². The van der Waals surface area contributed by atoms with E-state index in [4.69, 9.17) is 14.2 Å². The van der Waals surface area contributed by atoms with E-state index in [0.29, 0.717) is 30.1 Å². The first-order valence-corrected chi connectivity index (χ1v) is 12.0. The molecule has 0 bridgehead atoms. The van der Waals surface area contributed by atoms with Crippen LogP contribution < -0.4 is 14.2 Å². The summed E-state index contributed by atoms with van der Waals surface area (Å²) in [5.74, 6) is 1.96. The van der Waals surface area contributed by atoms with Crippen molar-refractivity contribution in [1.29, 1.82) is 0 Å². The molecule has 0 fully saturated rings. The van der Waals surface area contributed by atoms with Crippen LogP contribution in [0.15, 0.2) is 77.0 Å². The Kier molecular flexibility index (Phi) is 10.2. The van der Waals surface area contributed by atoms with E-state index in [2.05, 4.69) is 10.2 Å². The second-order valence-electron chi connectivity index (χ2n) is 8.36. The summed E-state index contributed by atoms with van der Waals surface area (Å²) in [7, 11) is 1.63. The number of ether oxygens (including phenoxy) is 3. The number of ketones is 2. The Labute approximate surface area is 212 Å². The maximum Gasteiger partial charge on any atom is 0.159 e. The average molecular weight is 489 g/mol. The zero-order valence-electron chi connectivity index (χ0n) is 21.0. The number of Topliss-reactive ketones (excluding diaryl/α,β-unsaturated/α-hetero) is 2. The summed E-state index contributed by atoms with van der Waals surface area (Å²) in [4.78, 5) is 23.4. The maximum absolute atomic E-state index is 11.7. The van der Waals surface area contributed by atoms with Gasteiger partial charge in [-0.3, -0.25) is 9.59 Å². The third-order valence-corrected chi connectivity index (χ3v) is 5.49. The molecule has 0 spiro atoms. The highest BCUT2D eigenvalue weighted by Gasteiger charge is 2.08. The van der Waals surface area contributed by atoms with Gasteiger partial charge in [-0.2, -0.15) is 10.2 Å². The molecular weight excluding hydrogens is 456 g/mol. The van der Waals surface area contributed by atoms with Crippen molar-refractivity contribution in [2.75, 3.05) is 20.3 Å². The first-order chi connectivity index (χ1) is 17.4. The van der Waals surface area contributed by atoms with Crippen molar-refractivity contribution in [3.63, 3.8) is 0 Å². The molecule has 0 heterocycles. The Morgan fingerprint density at radius 1 is 0.611 bits per heavy atom. The number of carbonyl (C=O) groups excluding carboxylic acids is 2. The second-order valence-corrected chi connectivity index (χ2v) is 8.36. The molecule has 0 N–H and O–H groups in total. The van der Waals surface area contributed by atoms with Gasteiger partial charge in [-0.05, 0) is 106 Å². The number of benzene rings is 3. The number of hydrogen-bond donors (Lipinski definition) is 0. The van der Waals surface area contributed by atoms with Crippen LogP contribution in [0, 0.1) is 0 Å². The number of unbranched alkanes of at least 4 members (excludes halogenated alkanes) is 3. The average Bonchev–Trinajstić information content (AvgIpc) is 2.89. The number of azo groups is 1. The van der Waals surface area contributed by atoms with E-state index >= 15 is 0 Å². The molecule has 0 saturated heterocycles. The molecule has 0 unspecified atom stereocenters. The highest BCUT2D eigenvalue weighted by atomic mass is 16.5. The van der Waals surface area contributed by atoms with Crippen LogP contribution in [-0.2, 0) is 0 Å². The molecule has 3 aromatic carbocycles. The Balaban J connectivity index is 1.32. The summed E-state index contributed by atoms with van der Waals surface area (Å²) in [6, 6.07) is 19.9. The van der Waals surface area contributed by atoms with E-state index in [1.165, 1.54) is 13.8 Å². The standard InChI is InChI=1S/C29H32N2O5/c1-21(32)23-18-24(22(2)33)20-29(19-23)36-17-7-5-4-6-16-35-28-14-10-26(11-15-28)31-30-25-8-12-27(34-3)13-9-25/h8-15,18-20H,4-7,16-17H2,1-3H3. The predicted molar refractivity (Wildman–Crippen MR) is 140 cm³/mol. The van der Waals surface area contributed by atoms with Crippen LogP contribution in [-0.4, -0.2) is 31.9 Å². The number of hydrogen-bond acceptors (Lipinski definition) is 7. The minimum Gasteiger partial charge on any atom is -0.497 e. The van der Waals surface area contributed by atoms with Crippen molar-refractivity contribution in [2.24, 2.45) is 10.2 Å². The van der Waals surface area contributed by atoms with Crippen molar-refractivity contribution in [1.82, 2.24) is 0 Å². The van der Waals surface area contributed by atoms with Crippen LogP contribution in [0.5, 0.6) is 17.2 Å². The molecule has 36 heavy (non-hydrogen) atoms. The van der Waals surface area contributed by atoms with Gasteiger partial charge in [0.25, 0.3) is 0 Å². The summed E-state index contributed by atoms with van der Waals surface area (Å²) in [6.07, 6.45) is 3.84. The highest BCUT2D eigenvalue weighted by molar-refractivity contribution is 6.00. The van der Waals surface area contributed by atoms with E-state index in [0.717, 1.165) is 48.6 Å². The van der Waals surface area contributed by atoms with Gasteiger partial charge in [0, 0.05) is 11.1 Å². The van der Waals surface area contributed by atoms with Crippen molar-refractivity contribution in [3.05, 3.63) is 77.9 Å². The van der Waals surface area contributed by atoms with E-state index in [-0.39, 0.29) is 11.6 Å². The Hall–Kier alpha value is -4.00. The van der Waals surface area contributed by atoms with Crippen LogP contribution in [0.25, 0.3) is 0 Å². The van der Waals surface area contributed by atoms with Gasteiger partial charge in [-0.15, -0.1) is 0 Å². The lowest BCUT2D eigenvalue weighted by molar-refractivity contribution is 0.101. The zero-order chi connectivity index (χ0) is 25.8. The fraction of sp³-hybridized carbons (Fsp3) is 0.310. The lowest BCUT2D eigenvalue weighted by Gasteiger charge is -2.09. The summed E-state index contributed by atoms with van der Waals surface area (Å²) >= 11 is 0. The van der Waals surface area contributed by atoms with Crippen LogP contribution in [0.3, 0.4) is 0 Å². The maximum atomic E-state index is 11.7. The largest absolute Gasteiger partial charge is 0.497 e. The number of methoxy groups -OCH3 is 1. The summed E-state index contributed by atoms with van der Waals surface area (Å²) in [6.45, 7) is 4.13. The first-order valence-electron chi connectivity index (χ1n) is 12.0. The molecule has 7 nitrogen and oxygen atoms in total. The molecule has 0 aliphatic rings. The highest BCUT2D eigenvalue weighted by Crippen LogP contribution is 2.23. The Bertz CT molecular complexity index is 1140. The summed E-state index contributed by atoms with van der Waals surface area (Å²) in [5, 5.41) is 8.47. The third kappa shape index (κ3) is 8.65. The molecule has 0 aromatic heterocycles. The van der Waals surface area contributed by atoms with E-state index in [9.17, 15) is 9.59 Å². The van der Waals surface area contributed by atoms with Crippen molar-refractivity contribution < 1.29 is 23.8 Å². The van der Waals surface area contributed by atoms with Gasteiger partial charge in [0.2, 0.25) is 0 Å². The molecule has 3 aromatic rings. The van der Waals surface area contributed by atoms with Crippen molar-refractivity contribution in [3.8, 4) is 17.2 Å².